The molecule has 0 bridgehead atoms. The summed E-state index contributed by atoms with van der Waals surface area (Å²) in [4.78, 5) is 18.6. The normalized spacial score (nSPS) is 22.6. The molecule has 1 aromatic carbocycles. The van der Waals surface area contributed by atoms with Crippen LogP contribution in [-0.4, -0.2) is 51.0 Å². The monoisotopic (exact) mass is 384 g/mol. The number of amidine groups is 1. The molecule has 148 valence electrons. The average Bonchev–Trinajstić information content (AvgIpc) is 3.15. The number of rotatable bonds is 4. The number of aliphatic carboxylic acids is 1. The Kier molecular flexibility index (Phi) is 4.93. The highest BCUT2D eigenvalue weighted by atomic mass is 19.1. The second kappa shape index (κ2) is 7.39. The summed E-state index contributed by atoms with van der Waals surface area (Å²) in [5.74, 6) is -0.346. The van der Waals surface area contributed by atoms with Gasteiger partial charge >= 0.3 is 5.97 Å². The molecule has 0 aliphatic carbocycles. The molecule has 6 nitrogen and oxygen atoms in total. The minimum Gasteiger partial charge on any atom is -0.479 e. The number of likely N-dealkylation sites (tertiary alicyclic amines) is 1. The number of carboxylic acid groups (broad SMARTS) is 1. The van der Waals surface area contributed by atoms with Gasteiger partial charge in [0.05, 0.1) is 12.2 Å². The summed E-state index contributed by atoms with van der Waals surface area (Å²) in [6, 6.07) is 10.9. The Balaban J connectivity index is 1.40. The third-order valence-electron chi connectivity index (χ3n) is 5.65. The lowest BCUT2D eigenvalue weighted by molar-refractivity contribution is -0.143. The molecule has 0 amide bonds. The molecule has 1 fully saturated rings. The Morgan fingerprint density at radius 2 is 2.00 bits per heavy atom. The average molecular weight is 384 g/mol. The van der Waals surface area contributed by atoms with Gasteiger partial charge in [0.1, 0.15) is 11.7 Å². The van der Waals surface area contributed by atoms with Crippen LogP contribution in [0.5, 0.6) is 0 Å². The number of hydrogen-bond acceptors (Lipinski definition) is 4. The van der Waals surface area contributed by atoms with E-state index in [0.29, 0.717) is 19.1 Å². The fourth-order valence-corrected chi connectivity index (χ4v) is 3.92. The van der Waals surface area contributed by atoms with E-state index in [2.05, 4.69) is 15.2 Å². The van der Waals surface area contributed by atoms with Crippen LogP contribution in [0.2, 0.25) is 0 Å². The Hall–Kier alpha value is -2.67. The summed E-state index contributed by atoms with van der Waals surface area (Å²) >= 11 is 0. The molecule has 2 aliphatic heterocycles. The first-order valence-corrected chi connectivity index (χ1v) is 9.66. The van der Waals surface area contributed by atoms with Gasteiger partial charge in [0.15, 0.2) is 5.54 Å². The van der Waals surface area contributed by atoms with E-state index in [1.54, 1.807) is 19.1 Å². The SMILES string of the molecule is CC1(C(=O)O)Cn2cccc2C(N2CCC(NCc3ccc(F)cc3)CC2)=N1. The molecule has 7 heteroatoms. The van der Waals surface area contributed by atoms with Crippen LogP contribution in [-0.2, 0) is 17.9 Å². The van der Waals surface area contributed by atoms with Crippen molar-refractivity contribution in [3.63, 3.8) is 0 Å². The van der Waals surface area contributed by atoms with Crippen LogP contribution in [0.4, 0.5) is 4.39 Å². The van der Waals surface area contributed by atoms with Crippen LogP contribution < -0.4 is 5.32 Å². The minimum absolute atomic E-state index is 0.219. The van der Waals surface area contributed by atoms with E-state index in [0.717, 1.165) is 43.0 Å². The molecule has 28 heavy (non-hydrogen) atoms. The molecule has 0 spiro atoms. The number of hydrogen-bond donors (Lipinski definition) is 2. The van der Waals surface area contributed by atoms with Gasteiger partial charge in [0.25, 0.3) is 0 Å². The van der Waals surface area contributed by atoms with Crippen LogP contribution in [0.3, 0.4) is 0 Å². The maximum absolute atomic E-state index is 13.0. The lowest BCUT2D eigenvalue weighted by Crippen LogP contribution is -2.50. The molecule has 0 saturated carbocycles. The fraction of sp³-hybridized carbons (Fsp3) is 0.429. The quantitative estimate of drug-likeness (QED) is 0.850. The van der Waals surface area contributed by atoms with Crippen molar-refractivity contribution in [2.75, 3.05) is 13.1 Å². The summed E-state index contributed by atoms with van der Waals surface area (Å²) in [5, 5.41) is 13.2. The van der Waals surface area contributed by atoms with Crippen molar-refractivity contribution in [2.45, 2.75) is 44.4 Å². The largest absolute Gasteiger partial charge is 0.479 e. The Labute approximate surface area is 163 Å². The number of benzene rings is 1. The summed E-state index contributed by atoms with van der Waals surface area (Å²) in [6.07, 6.45) is 3.82. The molecule has 2 aliphatic rings. The molecule has 0 radical (unpaired) electrons. The molecule has 1 unspecified atom stereocenters. The lowest BCUT2D eigenvalue weighted by Gasteiger charge is -2.38. The Morgan fingerprint density at radius 1 is 1.29 bits per heavy atom. The summed E-state index contributed by atoms with van der Waals surface area (Å²) in [6.45, 7) is 4.38. The molecule has 4 rings (SSSR count). The number of carboxylic acids is 1. The van der Waals surface area contributed by atoms with Crippen molar-refractivity contribution in [3.05, 3.63) is 59.7 Å². The van der Waals surface area contributed by atoms with Crippen LogP contribution in [0.15, 0.2) is 47.6 Å². The van der Waals surface area contributed by atoms with Crippen molar-refractivity contribution in [2.24, 2.45) is 4.99 Å². The van der Waals surface area contributed by atoms with Crippen molar-refractivity contribution < 1.29 is 14.3 Å². The zero-order chi connectivity index (χ0) is 19.7. The number of aromatic nitrogens is 1. The molecule has 1 aromatic heterocycles. The van der Waals surface area contributed by atoms with Gasteiger partial charge in [-0.2, -0.15) is 0 Å². The standard InChI is InChI=1S/C21H25FN4O2/c1-21(20(27)28)14-26-10-2-3-18(26)19(24-21)25-11-8-17(9-12-25)23-13-15-4-6-16(22)7-5-15/h2-7,10,17,23H,8-9,11-14H2,1H3,(H,27,28). The van der Waals surface area contributed by atoms with Crippen LogP contribution in [0.1, 0.15) is 31.0 Å². The predicted molar refractivity (Wildman–Crippen MR) is 105 cm³/mol. The fourth-order valence-electron chi connectivity index (χ4n) is 3.92. The topological polar surface area (TPSA) is 69.9 Å². The highest BCUT2D eigenvalue weighted by Gasteiger charge is 2.39. The number of aliphatic imine (C=N–C) groups is 1. The smallest absolute Gasteiger partial charge is 0.333 e. The molecule has 2 aromatic rings. The second-order valence-electron chi connectivity index (χ2n) is 7.80. The van der Waals surface area contributed by atoms with E-state index in [9.17, 15) is 14.3 Å². The molecule has 1 saturated heterocycles. The third kappa shape index (κ3) is 3.67. The van der Waals surface area contributed by atoms with Crippen LogP contribution >= 0.6 is 0 Å². The van der Waals surface area contributed by atoms with E-state index in [1.807, 2.05) is 22.9 Å². The molecule has 3 heterocycles. The van der Waals surface area contributed by atoms with Gasteiger partial charge in [-0.3, -0.25) is 0 Å². The number of carbonyl (C=O) groups is 1. The summed E-state index contributed by atoms with van der Waals surface area (Å²) in [5.41, 5.74) is 0.908. The number of piperidine rings is 1. The zero-order valence-electron chi connectivity index (χ0n) is 15.9. The summed E-state index contributed by atoms with van der Waals surface area (Å²) < 4.78 is 15.0. The predicted octanol–water partition coefficient (Wildman–Crippen LogP) is 2.48. The number of fused-ring (bicyclic) bond motifs is 1. The van der Waals surface area contributed by atoms with Gasteiger partial charge in [0.2, 0.25) is 0 Å². The molecule has 1 atom stereocenters. The maximum Gasteiger partial charge on any atom is 0.333 e. The molecule has 2 N–H and O–H groups in total. The molecular formula is C21H25FN4O2. The van der Waals surface area contributed by atoms with Crippen LogP contribution in [0.25, 0.3) is 0 Å². The van der Waals surface area contributed by atoms with Gasteiger partial charge in [-0.15, -0.1) is 0 Å². The molecular weight excluding hydrogens is 359 g/mol. The van der Waals surface area contributed by atoms with Crippen molar-refractivity contribution >= 4 is 11.8 Å². The number of nitrogens with zero attached hydrogens (tertiary/aromatic N) is 3. The highest BCUT2D eigenvalue weighted by molar-refractivity contribution is 6.00. The third-order valence-corrected chi connectivity index (χ3v) is 5.65. The first kappa shape index (κ1) is 18.7. The number of halogens is 1. The Bertz CT molecular complexity index is 884. The van der Waals surface area contributed by atoms with E-state index < -0.39 is 11.5 Å². The van der Waals surface area contributed by atoms with Gasteiger partial charge < -0.3 is 19.9 Å². The zero-order valence-corrected chi connectivity index (χ0v) is 15.9. The Morgan fingerprint density at radius 3 is 2.68 bits per heavy atom. The van der Waals surface area contributed by atoms with Gasteiger partial charge in [-0.05, 0) is 49.6 Å². The second-order valence-corrected chi connectivity index (χ2v) is 7.80. The van der Waals surface area contributed by atoms with E-state index in [1.165, 1.54) is 12.1 Å². The van der Waals surface area contributed by atoms with Crippen LogP contribution in [0, 0.1) is 5.82 Å². The first-order valence-electron chi connectivity index (χ1n) is 9.66. The number of nitrogens with one attached hydrogen (secondary N) is 1. The van der Waals surface area contributed by atoms with E-state index in [4.69, 9.17) is 0 Å². The van der Waals surface area contributed by atoms with Gasteiger partial charge in [-0.25, -0.2) is 14.2 Å². The minimum atomic E-state index is -1.14. The summed E-state index contributed by atoms with van der Waals surface area (Å²) in [7, 11) is 0. The van der Waals surface area contributed by atoms with Gasteiger partial charge in [-0.1, -0.05) is 12.1 Å². The maximum atomic E-state index is 13.0. The first-order chi connectivity index (χ1) is 13.4. The highest BCUT2D eigenvalue weighted by Crippen LogP contribution is 2.26. The van der Waals surface area contributed by atoms with Crippen molar-refractivity contribution in [3.8, 4) is 0 Å². The lowest BCUT2D eigenvalue weighted by atomic mass is 10.00. The van der Waals surface area contributed by atoms with Crippen molar-refractivity contribution in [1.82, 2.24) is 14.8 Å². The van der Waals surface area contributed by atoms with E-state index >= 15 is 0 Å². The van der Waals surface area contributed by atoms with E-state index in [-0.39, 0.29) is 5.82 Å². The van der Waals surface area contributed by atoms with Crippen molar-refractivity contribution in [1.29, 1.82) is 0 Å². The van der Waals surface area contributed by atoms with Gasteiger partial charge in [0, 0.05) is 31.9 Å².